The molecule has 1 saturated carbocycles. The van der Waals surface area contributed by atoms with Gasteiger partial charge in [0.2, 0.25) is 0 Å². The monoisotopic (exact) mass is 371 g/mol. The minimum Gasteiger partial charge on any atom is -0.378 e. The maximum absolute atomic E-state index is 9.03. The van der Waals surface area contributed by atoms with Crippen molar-refractivity contribution in [3.63, 3.8) is 0 Å². The van der Waals surface area contributed by atoms with Crippen LogP contribution in [0.4, 0.5) is 5.82 Å². The maximum atomic E-state index is 9.03. The Morgan fingerprint density at radius 1 is 1.35 bits per heavy atom. The van der Waals surface area contributed by atoms with Gasteiger partial charge in [-0.05, 0) is 43.4 Å². The number of nitrogens with zero attached hydrogens (tertiary/aromatic N) is 4. The van der Waals surface area contributed by atoms with E-state index in [-0.39, 0.29) is 4.75 Å². The summed E-state index contributed by atoms with van der Waals surface area (Å²) in [4.78, 5) is 14.3. The number of thioether (sulfide) groups is 1. The van der Waals surface area contributed by atoms with Crippen LogP contribution in [-0.4, -0.2) is 51.8 Å². The van der Waals surface area contributed by atoms with Crippen molar-refractivity contribution in [2.45, 2.75) is 42.9 Å². The minimum absolute atomic E-state index is 0.0727. The first-order valence-corrected chi connectivity index (χ1v) is 10.3. The third kappa shape index (κ3) is 3.40. The first-order valence-electron chi connectivity index (χ1n) is 9.30. The summed E-state index contributed by atoms with van der Waals surface area (Å²) in [5.41, 5.74) is 0.900. The molecule has 2 aromatic heterocycles. The van der Waals surface area contributed by atoms with Crippen molar-refractivity contribution < 1.29 is 4.74 Å². The van der Waals surface area contributed by atoms with Crippen LogP contribution in [0.25, 0.3) is 11.0 Å². The van der Waals surface area contributed by atoms with Crippen molar-refractivity contribution in [2.75, 3.05) is 30.9 Å². The fourth-order valence-electron chi connectivity index (χ4n) is 4.02. The molecule has 1 N–H and O–H groups in total. The minimum atomic E-state index is 0.0727. The number of aromatic amines is 1. The highest BCUT2D eigenvalue weighted by atomic mass is 32.2. The van der Waals surface area contributed by atoms with Gasteiger partial charge in [-0.1, -0.05) is 0 Å². The molecule has 3 heterocycles. The van der Waals surface area contributed by atoms with E-state index in [0.29, 0.717) is 12.5 Å². The lowest BCUT2D eigenvalue weighted by Crippen LogP contribution is -2.47. The molecule has 138 valence electrons. The molecule has 2 aliphatic rings. The Balaban J connectivity index is 1.32. The summed E-state index contributed by atoms with van der Waals surface area (Å²) in [6.07, 6.45) is 9.04. The van der Waals surface area contributed by atoms with E-state index in [9.17, 15) is 0 Å². The standard InChI is InChI=1S/C19H25N5OS/c1-24(18-16-6-9-21-17(16)22-13-23-18)15-4-2-14(3-5-15)10-26-19(7-8-20)11-25-12-19/h6,9,13-15H,2-5,7,10-12H2,1H3,(H,21,22,23). The van der Waals surface area contributed by atoms with Crippen LogP contribution in [0, 0.1) is 17.2 Å². The van der Waals surface area contributed by atoms with Crippen LogP contribution < -0.4 is 4.90 Å². The molecule has 4 rings (SSSR count). The van der Waals surface area contributed by atoms with Crippen LogP contribution in [0.15, 0.2) is 18.6 Å². The zero-order valence-electron chi connectivity index (χ0n) is 15.1. The zero-order valence-corrected chi connectivity index (χ0v) is 16.0. The van der Waals surface area contributed by atoms with Gasteiger partial charge in [-0.15, -0.1) is 11.8 Å². The number of aromatic nitrogens is 3. The van der Waals surface area contributed by atoms with Gasteiger partial charge in [0, 0.05) is 19.3 Å². The van der Waals surface area contributed by atoms with Gasteiger partial charge in [0.15, 0.2) is 0 Å². The smallest absolute Gasteiger partial charge is 0.142 e. The van der Waals surface area contributed by atoms with Crippen molar-refractivity contribution in [2.24, 2.45) is 5.92 Å². The van der Waals surface area contributed by atoms with Gasteiger partial charge in [-0.25, -0.2) is 9.97 Å². The number of anilines is 1. The molecule has 2 fully saturated rings. The van der Waals surface area contributed by atoms with Crippen LogP contribution in [0.5, 0.6) is 0 Å². The Bertz CT molecular complexity index is 789. The van der Waals surface area contributed by atoms with Crippen LogP contribution in [0.1, 0.15) is 32.1 Å². The van der Waals surface area contributed by atoms with E-state index < -0.39 is 0 Å². The number of nitrogens with one attached hydrogen (secondary N) is 1. The van der Waals surface area contributed by atoms with Gasteiger partial charge in [0.05, 0.1) is 35.8 Å². The summed E-state index contributed by atoms with van der Waals surface area (Å²) in [7, 11) is 2.15. The molecule has 0 bridgehead atoms. The third-order valence-corrected chi connectivity index (χ3v) is 7.42. The fraction of sp³-hybridized carbons (Fsp3) is 0.632. The molecule has 1 aliphatic heterocycles. The maximum Gasteiger partial charge on any atom is 0.142 e. The highest BCUT2D eigenvalue weighted by Gasteiger charge is 2.40. The quantitative estimate of drug-likeness (QED) is 0.839. The molecule has 1 aliphatic carbocycles. The van der Waals surface area contributed by atoms with E-state index in [1.54, 1.807) is 6.33 Å². The number of hydrogen-bond donors (Lipinski definition) is 1. The van der Waals surface area contributed by atoms with Gasteiger partial charge in [0.25, 0.3) is 0 Å². The molecule has 1 saturated heterocycles. The Labute approximate surface area is 158 Å². The van der Waals surface area contributed by atoms with E-state index in [1.807, 2.05) is 18.0 Å². The van der Waals surface area contributed by atoms with Crippen molar-refractivity contribution in [3.05, 3.63) is 18.6 Å². The van der Waals surface area contributed by atoms with E-state index in [2.05, 4.69) is 39.0 Å². The van der Waals surface area contributed by atoms with E-state index >= 15 is 0 Å². The van der Waals surface area contributed by atoms with Gasteiger partial charge in [-0.3, -0.25) is 0 Å². The number of ether oxygens (including phenoxy) is 1. The molecule has 0 atom stereocenters. The Hall–Kier alpha value is -1.78. The highest BCUT2D eigenvalue weighted by Crippen LogP contribution is 2.40. The van der Waals surface area contributed by atoms with Crippen molar-refractivity contribution >= 4 is 28.6 Å². The molecule has 0 aromatic carbocycles. The molecular weight excluding hydrogens is 346 g/mol. The molecule has 7 heteroatoms. The number of nitriles is 1. The molecule has 26 heavy (non-hydrogen) atoms. The van der Waals surface area contributed by atoms with E-state index in [0.717, 1.165) is 41.7 Å². The van der Waals surface area contributed by atoms with E-state index in [1.165, 1.54) is 25.7 Å². The summed E-state index contributed by atoms with van der Waals surface area (Å²) in [6, 6.07) is 4.91. The van der Waals surface area contributed by atoms with Crippen LogP contribution >= 0.6 is 11.8 Å². The largest absolute Gasteiger partial charge is 0.378 e. The second kappa shape index (κ2) is 7.45. The Morgan fingerprint density at radius 2 is 2.15 bits per heavy atom. The average Bonchev–Trinajstić information content (AvgIpc) is 3.12. The summed E-state index contributed by atoms with van der Waals surface area (Å²) >= 11 is 1.96. The van der Waals surface area contributed by atoms with Gasteiger partial charge in [0.1, 0.15) is 17.8 Å². The van der Waals surface area contributed by atoms with Crippen molar-refractivity contribution in [1.82, 2.24) is 15.0 Å². The van der Waals surface area contributed by atoms with E-state index in [4.69, 9.17) is 10.00 Å². The van der Waals surface area contributed by atoms with Crippen molar-refractivity contribution in [1.29, 1.82) is 5.26 Å². The SMILES string of the molecule is CN(c1ncnc2[nH]ccc12)C1CCC(CSC2(CC#N)COC2)CC1. The first-order chi connectivity index (χ1) is 12.7. The number of fused-ring (bicyclic) bond motifs is 1. The van der Waals surface area contributed by atoms with Crippen molar-refractivity contribution in [3.8, 4) is 6.07 Å². The lowest BCUT2D eigenvalue weighted by atomic mass is 9.86. The first kappa shape index (κ1) is 17.6. The molecule has 0 amide bonds. The van der Waals surface area contributed by atoms with Crippen LogP contribution in [0.3, 0.4) is 0 Å². The van der Waals surface area contributed by atoms with Crippen LogP contribution in [-0.2, 0) is 4.74 Å². The fourth-order valence-corrected chi connectivity index (χ4v) is 5.44. The summed E-state index contributed by atoms with van der Waals surface area (Å²) in [5, 5.41) is 10.1. The number of hydrogen-bond acceptors (Lipinski definition) is 6. The number of rotatable bonds is 6. The number of H-pyrrole nitrogens is 1. The molecule has 6 nitrogen and oxygen atoms in total. The highest BCUT2D eigenvalue weighted by molar-refractivity contribution is 8.00. The summed E-state index contributed by atoms with van der Waals surface area (Å²) in [6.45, 7) is 1.48. The van der Waals surface area contributed by atoms with Crippen LogP contribution in [0.2, 0.25) is 0 Å². The molecule has 0 radical (unpaired) electrons. The summed E-state index contributed by atoms with van der Waals surface area (Å²) in [5.74, 6) is 2.92. The van der Waals surface area contributed by atoms with Gasteiger partial charge in [-0.2, -0.15) is 5.26 Å². The molecular formula is C19H25N5OS. The third-order valence-electron chi connectivity index (χ3n) is 5.79. The normalized spacial score (nSPS) is 24.8. The molecule has 0 spiro atoms. The lowest BCUT2D eigenvalue weighted by molar-refractivity contribution is -0.00651. The van der Waals surface area contributed by atoms with Gasteiger partial charge < -0.3 is 14.6 Å². The topological polar surface area (TPSA) is 77.8 Å². The lowest BCUT2D eigenvalue weighted by Gasteiger charge is -2.41. The average molecular weight is 372 g/mol. The molecule has 2 aromatic rings. The predicted octanol–water partition coefficient (Wildman–Crippen LogP) is 3.37. The Kier molecular flexibility index (Phi) is 5.05. The second-order valence-electron chi connectivity index (χ2n) is 7.54. The second-order valence-corrected chi connectivity index (χ2v) is 9.03. The zero-order chi connectivity index (χ0) is 18.0. The van der Waals surface area contributed by atoms with Gasteiger partial charge >= 0.3 is 0 Å². The summed E-state index contributed by atoms with van der Waals surface area (Å²) < 4.78 is 5.44. The Morgan fingerprint density at radius 3 is 2.85 bits per heavy atom. The predicted molar refractivity (Wildman–Crippen MR) is 104 cm³/mol. The molecule has 0 unspecified atom stereocenters.